The van der Waals surface area contributed by atoms with Crippen LogP contribution in [0.1, 0.15) is 52.2 Å². The summed E-state index contributed by atoms with van der Waals surface area (Å²) >= 11 is 1.56. The first-order valence-electron chi connectivity index (χ1n) is 8.89. The lowest BCUT2D eigenvalue weighted by molar-refractivity contribution is 0.0739. The second kappa shape index (κ2) is 5.99. The lowest BCUT2D eigenvalue weighted by atomic mass is 10.1. The molecule has 2 aliphatic carbocycles. The van der Waals surface area contributed by atoms with Gasteiger partial charge in [-0.05, 0) is 57.9 Å². The van der Waals surface area contributed by atoms with Crippen molar-refractivity contribution in [2.45, 2.75) is 52.5 Å². The van der Waals surface area contributed by atoms with Gasteiger partial charge in [0, 0.05) is 18.2 Å². The highest BCUT2D eigenvalue weighted by Gasteiger charge is 2.38. The summed E-state index contributed by atoms with van der Waals surface area (Å²) in [5.74, 6) is 0.942. The van der Waals surface area contributed by atoms with E-state index in [-0.39, 0.29) is 5.91 Å². The monoisotopic (exact) mass is 340 g/mol. The maximum atomic E-state index is 13.1. The van der Waals surface area contributed by atoms with Crippen LogP contribution in [0.4, 0.5) is 0 Å². The number of thiazole rings is 1. The quantitative estimate of drug-likeness (QED) is 0.787. The van der Waals surface area contributed by atoms with Gasteiger partial charge in [0.25, 0.3) is 5.91 Å². The Kier molecular flexibility index (Phi) is 3.95. The third-order valence-corrected chi connectivity index (χ3v) is 6.18. The van der Waals surface area contributed by atoms with Crippen LogP contribution < -0.4 is 0 Å². The number of rotatable bonds is 5. The summed E-state index contributed by atoms with van der Waals surface area (Å²) in [4.78, 5) is 20.8. The highest BCUT2D eigenvalue weighted by Crippen LogP contribution is 2.37. The fourth-order valence-electron chi connectivity index (χ4n) is 3.26. The molecule has 1 aromatic heterocycles. The standard InChI is InChI=1S/C20H24N2OS/c1-12-4-9-17(13(2)10-12)19-21-14(3)18(24-19)20(23)22(16-7-8-16)11-15-5-6-15/h4,9-10,15-16H,5-8,11H2,1-3H3. The summed E-state index contributed by atoms with van der Waals surface area (Å²) in [5, 5.41) is 0.968. The van der Waals surface area contributed by atoms with Crippen LogP contribution in [0.3, 0.4) is 0 Å². The molecule has 2 aliphatic rings. The topological polar surface area (TPSA) is 33.2 Å². The summed E-state index contributed by atoms with van der Waals surface area (Å²) in [7, 11) is 0. The smallest absolute Gasteiger partial charge is 0.266 e. The average Bonchev–Trinajstić information content (AvgIpc) is 3.43. The highest BCUT2D eigenvalue weighted by molar-refractivity contribution is 7.17. The summed E-state index contributed by atoms with van der Waals surface area (Å²) in [6, 6.07) is 6.89. The first-order valence-corrected chi connectivity index (χ1v) is 9.70. The van der Waals surface area contributed by atoms with E-state index in [2.05, 4.69) is 36.9 Å². The molecule has 0 radical (unpaired) electrons. The number of carbonyl (C=O) groups is 1. The third kappa shape index (κ3) is 3.12. The van der Waals surface area contributed by atoms with Crippen LogP contribution in [0.25, 0.3) is 10.6 Å². The van der Waals surface area contributed by atoms with E-state index in [0.29, 0.717) is 6.04 Å². The first kappa shape index (κ1) is 15.8. The summed E-state index contributed by atoms with van der Waals surface area (Å²) in [6.45, 7) is 7.13. The Labute approximate surface area is 147 Å². The Bertz CT molecular complexity index is 787. The Morgan fingerprint density at radius 1 is 1.21 bits per heavy atom. The lowest BCUT2D eigenvalue weighted by Crippen LogP contribution is -2.34. The molecule has 1 aromatic carbocycles. The molecule has 1 heterocycles. The molecule has 0 unspecified atom stereocenters. The Hall–Kier alpha value is -1.68. The van der Waals surface area contributed by atoms with E-state index < -0.39 is 0 Å². The number of aromatic nitrogens is 1. The van der Waals surface area contributed by atoms with Crippen LogP contribution >= 0.6 is 11.3 Å². The van der Waals surface area contributed by atoms with Crippen molar-refractivity contribution in [2.24, 2.45) is 5.92 Å². The second-order valence-corrected chi connectivity index (χ2v) is 8.38. The fourth-order valence-corrected chi connectivity index (χ4v) is 4.37. The van der Waals surface area contributed by atoms with E-state index in [1.807, 2.05) is 6.92 Å². The van der Waals surface area contributed by atoms with Crippen LogP contribution in [0.5, 0.6) is 0 Å². The number of carbonyl (C=O) groups excluding carboxylic acids is 1. The van der Waals surface area contributed by atoms with Gasteiger partial charge in [-0.3, -0.25) is 4.79 Å². The molecule has 1 amide bonds. The van der Waals surface area contributed by atoms with E-state index in [0.717, 1.165) is 33.6 Å². The number of amides is 1. The molecule has 0 atom stereocenters. The van der Waals surface area contributed by atoms with Crippen LogP contribution in [0.2, 0.25) is 0 Å². The largest absolute Gasteiger partial charge is 0.335 e. The van der Waals surface area contributed by atoms with Crippen LogP contribution in [-0.2, 0) is 0 Å². The minimum Gasteiger partial charge on any atom is -0.335 e. The molecular weight excluding hydrogens is 316 g/mol. The average molecular weight is 340 g/mol. The number of hydrogen-bond acceptors (Lipinski definition) is 3. The van der Waals surface area contributed by atoms with E-state index >= 15 is 0 Å². The summed E-state index contributed by atoms with van der Waals surface area (Å²) in [5.41, 5.74) is 4.50. The van der Waals surface area contributed by atoms with Gasteiger partial charge in [0.2, 0.25) is 0 Å². The highest BCUT2D eigenvalue weighted by atomic mass is 32.1. The first-order chi connectivity index (χ1) is 11.5. The molecule has 0 aliphatic heterocycles. The molecular formula is C20H24N2OS. The van der Waals surface area contributed by atoms with Gasteiger partial charge in [-0.1, -0.05) is 23.8 Å². The molecule has 0 N–H and O–H groups in total. The van der Waals surface area contributed by atoms with Crippen molar-refractivity contribution < 1.29 is 4.79 Å². The van der Waals surface area contributed by atoms with Crippen molar-refractivity contribution in [1.29, 1.82) is 0 Å². The van der Waals surface area contributed by atoms with Crippen LogP contribution in [0, 0.1) is 26.7 Å². The van der Waals surface area contributed by atoms with Gasteiger partial charge in [0.1, 0.15) is 9.88 Å². The molecule has 3 nitrogen and oxygen atoms in total. The van der Waals surface area contributed by atoms with Gasteiger partial charge in [0.05, 0.1) is 5.69 Å². The number of hydrogen-bond donors (Lipinski definition) is 0. The van der Waals surface area contributed by atoms with Crippen molar-refractivity contribution in [1.82, 2.24) is 9.88 Å². The Morgan fingerprint density at radius 3 is 2.58 bits per heavy atom. The maximum Gasteiger partial charge on any atom is 0.266 e. The van der Waals surface area contributed by atoms with Gasteiger partial charge in [-0.15, -0.1) is 11.3 Å². The van der Waals surface area contributed by atoms with Gasteiger partial charge in [-0.2, -0.15) is 0 Å². The van der Waals surface area contributed by atoms with Crippen molar-refractivity contribution >= 4 is 17.2 Å². The minimum atomic E-state index is 0.204. The molecule has 4 heteroatoms. The normalized spacial score (nSPS) is 17.1. The summed E-state index contributed by atoms with van der Waals surface area (Å²) in [6.07, 6.45) is 4.90. The number of aryl methyl sites for hydroxylation is 3. The van der Waals surface area contributed by atoms with Crippen LogP contribution in [0.15, 0.2) is 18.2 Å². The molecule has 0 bridgehead atoms. The van der Waals surface area contributed by atoms with Crippen LogP contribution in [-0.4, -0.2) is 28.4 Å². The molecule has 126 valence electrons. The predicted octanol–water partition coefficient (Wildman–Crippen LogP) is 4.75. The minimum absolute atomic E-state index is 0.204. The fraction of sp³-hybridized carbons (Fsp3) is 0.500. The predicted molar refractivity (Wildman–Crippen MR) is 98.5 cm³/mol. The Balaban J connectivity index is 1.63. The van der Waals surface area contributed by atoms with Gasteiger partial charge in [-0.25, -0.2) is 4.98 Å². The van der Waals surface area contributed by atoms with E-state index in [9.17, 15) is 4.79 Å². The van der Waals surface area contributed by atoms with Gasteiger partial charge < -0.3 is 4.90 Å². The van der Waals surface area contributed by atoms with E-state index in [1.54, 1.807) is 11.3 Å². The van der Waals surface area contributed by atoms with Gasteiger partial charge in [0.15, 0.2) is 0 Å². The van der Waals surface area contributed by atoms with Gasteiger partial charge >= 0.3 is 0 Å². The molecule has 2 fully saturated rings. The molecule has 2 saturated carbocycles. The molecule has 0 saturated heterocycles. The SMILES string of the molecule is Cc1ccc(-c2nc(C)c(C(=O)N(CC3CC3)C3CC3)s2)c(C)c1. The third-order valence-electron chi connectivity index (χ3n) is 5.00. The van der Waals surface area contributed by atoms with E-state index in [1.165, 1.54) is 36.8 Å². The second-order valence-electron chi connectivity index (χ2n) is 7.38. The summed E-state index contributed by atoms with van der Waals surface area (Å²) < 4.78 is 0. The zero-order valence-electron chi connectivity index (χ0n) is 14.6. The van der Waals surface area contributed by atoms with E-state index in [4.69, 9.17) is 4.98 Å². The number of nitrogens with zero attached hydrogens (tertiary/aromatic N) is 2. The zero-order valence-corrected chi connectivity index (χ0v) is 15.4. The van der Waals surface area contributed by atoms with Crippen molar-refractivity contribution in [2.75, 3.05) is 6.54 Å². The molecule has 24 heavy (non-hydrogen) atoms. The maximum absolute atomic E-state index is 13.1. The molecule has 2 aromatic rings. The number of benzene rings is 1. The van der Waals surface area contributed by atoms with Crippen molar-refractivity contribution in [3.63, 3.8) is 0 Å². The molecule has 0 spiro atoms. The molecule has 4 rings (SSSR count). The van der Waals surface area contributed by atoms with Crippen molar-refractivity contribution in [3.05, 3.63) is 39.9 Å². The lowest BCUT2D eigenvalue weighted by Gasteiger charge is -2.21. The Morgan fingerprint density at radius 2 is 1.96 bits per heavy atom. The zero-order chi connectivity index (χ0) is 16.8. The van der Waals surface area contributed by atoms with Crippen molar-refractivity contribution in [3.8, 4) is 10.6 Å².